The van der Waals surface area contributed by atoms with Crippen LogP contribution in [-0.4, -0.2) is 25.7 Å². The van der Waals surface area contributed by atoms with Crippen LogP contribution in [-0.2, 0) is 11.3 Å². The summed E-state index contributed by atoms with van der Waals surface area (Å²) in [5.41, 5.74) is 3.54. The Labute approximate surface area is 129 Å². The molecule has 0 heterocycles. The lowest BCUT2D eigenvalue weighted by atomic mass is 9.98. The summed E-state index contributed by atoms with van der Waals surface area (Å²) >= 11 is 0. The molecule has 0 aliphatic carbocycles. The van der Waals surface area contributed by atoms with Crippen molar-refractivity contribution in [1.82, 2.24) is 5.32 Å². The molecule has 2 rings (SSSR count). The Hall–Kier alpha value is -2.69. The number of hydrogen-bond acceptors (Lipinski definition) is 4. The number of phenolic OH excluding ortho intramolecular Hbond substituents is 1. The Balaban J connectivity index is 2.50. The van der Waals surface area contributed by atoms with E-state index in [0.717, 1.165) is 16.7 Å². The smallest absolute Gasteiger partial charge is 0.207 e. The number of benzene rings is 2. The zero-order valence-corrected chi connectivity index (χ0v) is 12.8. The monoisotopic (exact) mass is 301 g/mol. The molecular formula is C17H19NO4. The fourth-order valence-corrected chi connectivity index (χ4v) is 2.32. The minimum absolute atomic E-state index is 0.0278. The van der Waals surface area contributed by atoms with E-state index in [-0.39, 0.29) is 5.75 Å². The van der Waals surface area contributed by atoms with E-state index in [1.165, 1.54) is 14.2 Å². The third kappa shape index (κ3) is 2.98. The number of hydrogen-bond donors (Lipinski definition) is 2. The van der Waals surface area contributed by atoms with E-state index in [2.05, 4.69) is 5.32 Å². The van der Waals surface area contributed by atoms with Gasteiger partial charge in [-0.05, 0) is 41.8 Å². The lowest BCUT2D eigenvalue weighted by molar-refractivity contribution is -0.109. The van der Waals surface area contributed by atoms with Gasteiger partial charge in [0.25, 0.3) is 0 Å². The van der Waals surface area contributed by atoms with Gasteiger partial charge in [-0.15, -0.1) is 0 Å². The third-order valence-electron chi connectivity index (χ3n) is 3.56. The van der Waals surface area contributed by atoms with Crippen molar-refractivity contribution in [3.63, 3.8) is 0 Å². The molecule has 0 saturated heterocycles. The van der Waals surface area contributed by atoms with Crippen molar-refractivity contribution >= 4 is 6.41 Å². The van der Waals surface area contributed by atoms with Gasteiger partial charge in [0.2, 0.25) is 12.2 Å². The Kier molecular flexibility index (Phi) is 4.88. The SMILES string of the molecule is COc1ccc(-c2ccc(C)c(CNC=O)c2)c(O)c1OC. The molecule has 0 atom stereocenters. The van der Waals surface area contributed by atoms with Crippen LogP contribution in [0.3, 0.4) is 0 Å². The number of aromatic hydroxyl groups is 1. The van der Waals surface area contributed by atoms with E-state index in [4.69, 9.17) is 9.47 Å². The summed E-state index contributed by atoms with van der Waals surface area (Å²) in [5, 5.41) is 13.1. The number of phenols is 1. The fourth-order valence-electron chi connectivity index (χ4n) is 2.32. The van der Waals surface area contributed by atoms with Crippen molar-refractivity contribution in [3.8, 4) is 28.4 Å². The van der Waals surface area contributed by atoms with Crippen LogP contribution >= 0.6 is 0 Å². The van der Waals surface area contributed by atoms with Gasteiger partial charge in [0.05, 0.1) is 14.2 Å². The second-order valence-electron chi connectivity index (χ2n) is 4.84. The van der Waals surface area contributed by atoms with Crippen molar-refractivity contribution < 1.29 is 19.4 Å². The Morgan fingerprint density at radius 3 is 2.59 bits per heavy atom. The average Bonchev–Trinajstić information content (AvgIpc) is 2.54. The molecule has 0 spiro atoms. The van der Waals surface area contributed by atoms with Crippen molar-refractivity contribution in [1.29, 1.82) is 0 Å². The molecule has 5 nitrogen and oxygen atoms in total. The highest BCUT2D eigenvalue weighted by Crippen LogP contribution is 2.43. The van der Waals surface area contributed by atoms with Gasteiger partial charge < -0.3 is 19.9 Å². The Morgan fingerprint density at radius 2 is 1.95 bits per heavy atom. The largest absolute Gasteiger partial charge is 0.504 e. The Bertz CT molecular complexity index is 683. The highest BCUT2D eigenvalue weighted by molar-refractivity contribution is 5.76. The summed E-state index contributed by atoms with van der Waals surface area (Å²) in [4.78, 5) is 10.5. The molecule has 0 aliphatic heterocycles. The maximum Gasteiger partial charge on any atom is 0.207 e. The zero-order valence-electron chi connectivity index (χ0n) is 12.8. The minimum Gasteiger partial charge on any atom is -0.504 e. The lowest BCUT2D eigenvalue weighted by Gasteiger charge is -2.14. The maximum atomic E-state index is 10.5. The molecule has 0 aromatic heterocycles. The van der Waals surface area contributed by atoms with Crippen molar-refractivity contribution in [2.45, 2.75) is 13.5 Å². The summed E-state index contributed by atoms with van der Waals surface area (Å²) in [6.45, 7) is 2.41. The zero-order chi connectivity index (χ0) is 16.1. The van der Waals surface area contributed by atoms with Crippen LogP contribution in [0.5, 0.6) is 17.2 Å². The number of carbonyl (C=O) groups is 1. The first-order valence-corrected chi connectivity index (χ1v) is 6.83. The van der Waals surface area contributed by atoms with Crippen LogP contribution in [0, 0.1) is 6.92 Å². The minimum atomic E-state index is 0.0278. The number of aryl methyl sites for hydroxylation is 1. The second-order valence-corrected chi connectivity index (χ2v) is 4.84. The third-order valence-corrected chi connectivity index (χ3v) is 3.56. The van der Waals surface area contributed by atoms with Gasteiger partial charge in [0.1, 0.15) is 0 Å². The topological polar surface area (TPSA) is 67.8 Å². The Morgan fingerprint density at radius 1 is 1.18 bits per heavy atom. The highest BCUT2D eigenvalue weighted by Gasteiger charge is 2.15. The molecule has 0 bridgehead atoms. The van der Waals surface area contributed by atoms with E-state index in [9.17, 15) is 9.90 Å². The predicted octanol–water partition coefficient (Wildman–Crippen LogP) is 2.63. The second kappa shape index (κ2) is 6.85. The van der Waals surface area contributed by atoms with Gasteiger partial charge in [-0.1, -0.05) is 12.1 Å². The normalized spacial score (nSPS) is 10.1. The lowest BCUT2D eigenvalue weighted by Crippen LogP contribution is -2.10. The standard InChI is InChI=1S/C17H19NO4/c1-11-4-5-12(8-13(11)9-18-10-19)14-6-7-15(21-2)17(22-3)16(14)20/h4-8,10,20H,9H2,1-3H3,(H,18,19). The number of methoxy groups -OCH3 is 2. The number of carbonyl (C=O) groups excluding carboxylic acids is 1. The summed E-state index contributed by atoms with van der Waals surface area (Å²) in [6, 6.07) is 9.33. The first-order chi connectivity index (χ1) is 10.6. The summed E-state index contributed by atoms with van der Waals surface area (Å²) in [7, 11) is 3.00. The van der Waals surface area contributed by atoms with E-state index >= 15 is 0 Å². The number of rotatable bonds is 6. The van der Waals surface area contributed by atoms with Gasteiger partial charge in [0, 0.05) is 12.1 Å². The van der Waals surface area contributed by atoms with E-state index in [1.54, 1.807) is 12.1 Å². The van der Waals surface area contributed by atoms with E-state index in [1.807, 2.05) is 25.1 Å². The quantitative estimate of drug-likeness (QED) is 0.805. The van der Waals surface area contributed by atoms with Gasteiger partial charge in [-0.3, -0.25) is 4.79 Å². The first-order valence-electron chi connectivity index (χ1n) is 6.83. The summed E-state index contributed by atoms with van der Waals surface area (Å²) < 4.78 is 10.4. The highest BCUT2D eigenvalue weighted by atomic mass is 16.5. The molecule has 116 valence electrons. The summed E-state index contributed by atoms with van der Waals surface area (Å²) in [6.07, 6.45) is 0.667. The predicted molar refractivity (Wildman–Crippen MR) is 84.3 cm³/mol. The van der Waals surface area contributed by atoms with Crippen molar-refractivity contribution in [2.24, 2.45) is 0 Å². The molecule has 0 unspecified atom stereocenters. The molecule has 0 fully saturated rings. The van der Waals surface area contributed by atoms with Gasteiger partial charge in [-0.2, -0.15) is 0 Å². The molecule has 2 aromatic carbocycles. The van der Waals surface area contributed by atoms with Crippen LogP contribution < -0.4 is 14.8 Å². The van der Waals surface area contributed by atoms with Crippen LogP contribution in [0.15, 0.2) is 30.3 Å². The average molecular weight is 301 g/mol. The molecule has 2 N–H and O–H groups in total. The van der Waals surface area contributed by atoms with Crippen molar-refractivity contribution in [2.75, 3.05) is 14.2 Å². The van der Waals surface area contributed by atoms with Crippen LogP contribution in [0.4, 0.5) is 0 Å². The number of ether oxygens (including phenoxy) is 2. The van der Waals surface area contributed by atoms with E-state index in [0.29, 0.717) is 30.0 Å². The van der Waals surface area contributed by atoms with Crippen LogP contribution in [0.25, 0.3) is 11.1 Å². The molecule has 0 radical (unpaired) electrons. The fraction of sp³-hybridized carbons (Fsp3) is 0.235. The first kappa shape index (κ1) is 15.7. The maximum absolute atomic E-state index is 10.5. The molecule has 0 saturated carbocycles. The van der Waals surface area contributed by atoms with Crippen LogP contribution in [0.2, 0.25) is 0 Å². The number of amides is 1. The van der Waals surface area contributed by atoms with Crippen LogP contribution in [0.1, 0.15) is 11.1 Å². The molecule has 1 amide bonds. The van der Waals surface area contributed by atoms with Gasteiger partial charge in [0.15, 0.2) is 11.5 Å². The van der Waals surface area contributed by atoms with Gasteiger partial charge >= 0.3 is 0 Å². The molecule has 2 aromatic rings. The number of nitrogens with one attached hydrogen (secondary N) is 1. The molecule has 0 aliphatic rings. The van der Waals surface area contributed by atoms with Crippen molar-refractivity contribution in [3.05, 3.63) is 41.5 Å². The molecule has 22 heavy (non-hydrogen) atoms. The van der Waals surface area contributed by atoms with Gasteiger partial charge in [-0.25, -0.2) is 0 Å². The summed E-state index contributed by atoms with van der Waals surface area (Å²) in [5.74, 6) is 0.798. The molecule has 5 heteroatoms. The molecular weight excluding hydrogens is 282 g/mol. The van der Waals surface area contributed by atoms with E-state index < -0.39 is 0 Å².